The number of carbonyl (C=O) groups excluding carboxylic acids is 1. The number of halogens is 2. The number of ether oxygens (including phenoxy) is 1. The molecule has 2 rings (SSSR count). The standard InChI is InChI=1S/C15H23N3O2.2ClH/c1-10-8-17-6-5-12(10)9-18-15(19)11-3-4-14(20-2)13(16)7-11;;/h5-6,8,11,13-14H,3-4,7,9,16H2,1-2H3,(H,18,19);2*1H/t11-,13+,14+;;/m0../s1. The molecule has 7 heteroatoms. The molecule has 3 atom stereocenters. The minimum absolute atomic E-state index is 0. The van der Waals surface area contributed by atoms with Gasteiger partial charge in [0.25, 0.3) is 0 Å². The van der Waals surface area contributed by atoms with Crippen LogP contribution in [0, 0.1) is 12.8 Å². The lowest BCUT2D eigenvalue weighted by Gasteiger charge is -2.32. The zero-order valence-corrected chi connectivity index (χ0v) is 14.6. The number of hydrogen-bond acceptors (Lipinski definition) is 4. The fourth-order valence-electron chi connectivity index (χ4n) is 2.74. The highest BCUT2D eigenvalue weighted by atomic mass is 35.5. The molecule has 126 valence electrons. The van der Waals surface area contributed by atoms with E-state index in [9.17, 15) is 4.79 Å². The van der Waals surface area contributed by atoms with Crippen molar-refractivity contribution in [3.63, 3.8) is 0 Å². The fourth-order valence-corrected chi connectivity index (χ4v) is 2.74. The van der Waals surface area contributed by atoms with Crippen molar-refractivity contribution in [1.29, 1.82) is 0 Å². The van der Waals surface area contributed by atoms with E-state index >= 15 is 0 Å². The van der Waals surface area contributed by atoms with Crippen molar-refractivity contribution < 1.29 is 9.53 Å². The van der Waals surface area contributed by atoms with E-state index in [0.29, 0.717) is 13.0 Å². The number of nitrogens with one attached hydrogen (secondary N) is 1. The molecule has 0 unspecified atom stereocenters. The van der Waals surface area contributed by atoms with Gasteiger partial charge in [-0.3, -0.25) is 9.78 Å². The summed E-state index contributed by atoms with van der Waals surface area (Å²) in [6.45, 7) is 2.54. The lowest BCUT2D eigenvalue weighted by Crippen LogP contribution is -2.45. The Morgan fingerprint density at radius 3 is 2.77 bits per heavy atom. The Labute approximate surface area is 144 Å². The number of nitrogens with two attached hydrogens (primary N) is 1. The second kappa shape index (κ2) is 10.0. The topological polar surface area (TPSA) is 77.2 Å². The number of nitrogens with zero attached hydrogens (tertiary/aromatic N) is 1. The summed E-state index contributed by atoms with van der Waals surface area (Å²) < 4.78 is 5.31. The maximum atomic E-state index is 12.2. The van der Waals surface area contributed by atoms with Gasteiger partial charge in [0.15, 0.2) is 0 Å². The molecule has 1 aliphatic carbocycles. The molecule has 0 saturated heterocycles. The maximum Gasteiger partial charge on any atom is 0.223 e. The van der Waals surface area contributed by atoms with Crippen LogP contribution in [0.15, 0.2) is 18.5 Å². The van der Waals surface area contributed by atoms with E-state index in [4.69, 9.17) is 10.5 Å². The van der Waals surface area contributed by atoms with Crippen molar-refractivity contribution in [3.8, 4) is 0 Å². The zero-order chi connectivity index (χ0) is 14.5. The summed E-state index contributed by atoms with van der Waals surface area (Å²) in [6, 6.07) is 1.88. The Hall–Kier alpha value is -0.880. The van der Waals surface area contributed by atoms with E-state index in [1.54, 1.807) is 19.5 Å². The molecule has 0 radical (unpaired) electrons. The largest absolute Gasteiger partial charge is 0.380 e. The molecule has 1 aromatic heterocycles. The minimum Gasteiger partial charge on any atom is -0.380 e. The summed E-state index contributed by atoms with van der Waals surface area (Å²) >= 11 is 0. The Balaban J connectivity index is 0.00000220. The predicted molar refractivity (Wildman–Crippen MR) is 91.4 cm³/mol. The molecule has 1 aromatic rings. The molecule has 1 saturated carbocycles. The van der Waals surface area contributed by atoms with Crippen LogP contribution >= 0.6 is 24.8 Å². The van der Waals surface area contributed by atoms with Gasteiger partial charge in [-0.05, 0) is 43.4 Å². The SMILES string of the molecule is CO[C@@H]1CC[C@H](C(=O)NCc2ccncc2C)C[C@H]1N.Cl.Cl. The molecule has 1 fully saturated rings. The van der Waals surface area contributed by atoms with Gasteiger partial charge in [0, 0.05) is 38.0 Å². The monoisotopic (exact) mass is 349 g/mol. The van der Waals surface area contributed by atoms with Crippen LogP contribution in [-0.4, -0.2) is 30.1 Å². The van der Waals surface area contributed by atoms with Crippen molar-refractivity contribution >= 4 is 30.7 Å². The van der Waals surface area contributed by atoms with Gasteiger partial charge >= 0.3 is 0 Å². The highest BCUT2D eigenvalue weighted by molar-refractivity contribution is 5.85. The van der Waals surface area contributed by atoms with Crippen LogP contribution in [0.5, 0.6) is 0 Å². The summed E-state index contributed by atoms with van der Waals surface area (Å²) in [5, 5.41) is 3.00. The van der Waals surface area contributed by atoms with Crippen LogP contribution in [0.3, 0.4) is 0 Å². The van der Waals surface area contributed by atoms with E-state index in [-0.39, 0.29) is 48.8 Å². The molecular weight excluding hydrogens is 325 g/mol. The highest BCUT2D eigenvalue weighted by Crippen LogP contribution is 2.25. The van der Waals surface area contributed by atoms with Gasteiger partial charge in [0.1, 0.15) is 0 Å². The summed E-state index contributed by atoms with van der Waals surface area (Å²) in [7, 11) is 1.68. The lowest BCUT2D eigenvalue weighted by molar-refractivity contribution is -0.127. The van der Waals surface area contributed by atoms with Crippen molar-refractivity contribution in [3.05, 3.63) is 29.6 Å². The molecule has 5 nitrogen and oxygen atoms in total. The number of aryl methyl sites for hydroxylation is 1. The highest BCUT2D eigenvalue weighted by Gasteiger charge is 2.31. The molecule has 0 bridgehead atoms. The van der Waals surface area contributed by atoms with Gasteiger partial charge in [-0.15, -0.1) is 24.8 Å². The zero-order valence-electron chi connectivity index (χ0n) is 13.0. The molecule has 0 aromatic carbocycles. The average Bonchev–Trinajstić information content (AvgIpc) is 2.46. The van der Waals surface area contributed by atoms with Crippen LogP contribution in [0.1, 0.15) is 30.4 Å². The molecule has 22 heavy (non-hydrogen) atoms. The predicted octanol–water partition coefficient (Wildman–Crippen LogP) is 1.99. The Kier molecular flexibility index (Phi) is 9.60. The van der Waals surface area contributed by atoms with Crippen LogP contribution in [0.2, 0.25) is 0 Å². The van der Waals surface area contributed by atoms with E-state index in [2.05, 4.69) is 10.3 Å². The van der Waals surface area contributed by atoms with Gasteiger partial charge in [-0.2, -0.15) is 0 Å². The van der Waals surface area contributed by atoms with Crippen LogP contribution in [0.25, 0.3) is 0 Å². The smallest absolute Gasteiger partial charge is 0.223 e. The summed E-state index contributed by atoms with van der Waals surface area (Å²) in [4.78, 5) is 16.2. The first-order valence-electron chi connectivity index (χ1n) is 7.07. The minimum atomic E-state index is -0.0489. The molecule has 1 aliphatic rings. The summed E-state index contributed by atoms with van der Waals surface area (Å²) in [6.07, 6.45) is 6.02. The second-order valence-corrected chi connectivity index (χ2v) is 5.47. The van der Waals surface area contributed by atoms with Crippen molar-refractivity contribution in [2.45, 2.75) is 44.9 Å². The summed E-state index contributed by atoms with van der Waals surface area (Å²) in [5.74, 6) is 0.0877. The van der Waals surface area contributed by atoms with Crippen LogP contribution in [0.4, 0.5) is 0 Å². The third kappa shape index (κ3) is 5.39. The third-order valence-corrected chi connectivity index (χ3v) is 4.10. The average molecular weight is 350 g/mol. The fraction of sp³-hybridized carbons (Fsp3) is 0.600. The second-order valence-electron chi connectivity index (χ2n) is 5.47. The number of pyridine rings is 1. The molecule has 0 aliphatic heterocycles. The molecule has 3 N–H and O–H groups in total. The van der Waals surface area contributed by atoms with Crippen molar-refractivity contribution in [2.75, 3.05) is 7.11 Å². The van der Waals surface area contributed by atoms with E-state index < -0.39 is 0 Å². The molecular formula is C15H25Cl2N3O2. The molecule has 1 amide bonds. The van der Waals surface area contributed by atoms with Gasteiger partial charge in [-0.1, -0.05) is 0 Å². The third-order valence-electron chi connectivity index (χ3n) is 4.10. The Bertz CT molecular complexity index is 474. The molecule has 0 spiro atoms. The number of carbonyl (C=O) groups is 1. The van der Waals surface area contributed by atoms with Gasteiger partial charge in [-0.25, -0.2) is 0 Å². The van der Waals surface area contributed by atoms with E-state index in [0.717, 1.165) is 24.0 Å². The first-order chi connectivity index (χ1) is 9.61. The Morgan fingerprint density at radius 1 is 1.45 bits per heavy atom. The first kappa shape index (κ1) is 21.1. The number of rotatable bonds is 4. The van der Waals surface area contributed by atoms with Crippen LogP contribution < -0.4 is 11.1 Å². The van der Waals surface area contributed by atoms with Crippen molar-refractivity contribution in [1.82, 2.24) is 10.3 Å². The first-order valence-corrected chi connectivity index (χ1v) is 7.07. The van der Waals surface area contributed by atoms with Crippen molar-refractivity contribution in [2.24, 2.45) is 11.7 Å². The normalized spacial score (nSPS) is 23.9. The van der Waals surface area contributed by atoms with Crippen LogP contribution in [-0.2, 0) is 16.1 Å². The number of amides is 1. The van der Waals surface area contributed by atoms with Gasteiger partial charge in [0.05, 0.1) is 6.10 Å². The van der Waals surface area contributed by atoms with Gasteiger partial charge in [0.2, 0.25) is 5.91 Å². The molecule has 1 heterocycles. The van der Waals surface area contributed by atoms with E-state index in [1.807, 2.05) is 13.0 Å². The quantitative estimate of drug-likeness (QED) is 0.871. The summed E-state index contributed by atoms with van der Waals surface area (Å²) in [5.41, 5.74) is 8.23. The number of aromatic nitrogens is 1. The van der Waals surface area contributed by atoms with Gasteiger partial charge < -0.3 is 15.8 Å². The lowest BCUT2D eigenvalue weighted by atomic mass is 9.83. The maximum absolute atomic E-state index is 12.2. The Morgan fingerprint density at radius 2 is 2.18 bits per heavy atom. The van der Waals surface area contributed by atoms with E-state index in [1.165, 1.54) is 0 Å². The number of hydrogen-bond donors (Lipinski definition) is 2. The number of methoxy groups -OCH3 is 1.